The van der Waals surface area contributed by atoms with Gasteiger partial charge in [0.1, 0.15) is 0 Å². The lowest BCUT2D eigenvalue weighted by molar-refractivity contribution is 1.66. The van der Waals surface area contributed by atoms with Crippen LogP contribution in [0.4, 0.5) is 0 Å². The second-order valence-corrected chi connectivity index (χ2v) is 11.3. The van der Waals surface area contributed by atoms with E-state index in [0.717, 1.165) is 0 Å². The normalized spacial score (nSPS) is 11.8. The molecular formula is C42H26. The van der Waals surface area contributed by atoms with Crippen molar-refractivity contribution in [3.05, 3.63) is 158 Å². The van der Waals surface area contributed by atoms with Crippen LogP contribution in [-0.4, -0.2) is 0 Å². The quantitative estimate of drug-likeness (QED) is 0.195. The van der Waals surface area contributed by atoms with Gasteiger partial charge in [-0.05, 0) is 111 Å². The maximum atomic E-state index is 2.43. The molecule has 0 radical (unpaired) electrons. The molecule has 0 fully saturated rings. The van der Waals surface area contributed by atoms with Gasteiger partial charge in [-0.25, -0.2) is 0 Å². The molecular weight excluding hydrogens is 504 g/mol. The molecule has 0 aliphatic carbocycles. The lowest BCUT2D eigenvalue weighted by Crippen LogP contribution is -1.89. The van der Waals surface area contributed by atoms with Crippen molar-refractivity contribution < 1.29 is 0 Å². The van der Waals surface area contributed by atoms with E-state index in [9.17, 15) is 0 Å². The first kappa shape index (κ1) is 23.3. The second-order valence-electron chi connectivity index (χ2n) is 11.3. The number of benzene rings is 9. The van der Waals surface area contributed by atoms with Crippen molar-refractivity contribution in [2.45, 2.75) is 0 Å². The van der Waals surface area contributed by atoms with Crippen LogP contribution < -0.4 is 0 Å². The maximum Gasteiger partial charge on any atom is -0.00199 e. The van der Waals surface area contributed by atoms with E-state index in [1.54, 1.807) is 0 Å². The highest BCUT2D eigenvalue weighted by Gasteiger charge is 2.15. The highest BCUT2D eigenvalue weighted by atomic mass is 14.2. The summed E-state index contributed by atoms with van der Waals surface area (Å²) in [6.07, 6.45) is 0. The summed E-state index contributed by atoms with van der Waals surface area (Å²) < 4.78 is 0. The summed E-state index contributed by atoms with van der Waals surface area (Å²) in [6.45, 7) is 0. The Balaban J connectivity index is 1.27. The van der Waals surface area contributed by atoms with Crippen LogP contribution in [0, 0.1) is 0 Å². The van der Waals surface area contributed by atoms with Crippen LogP contribution in [0.2, 0.25) is 0 Å². The fourth-order valence-corrected chi connectivity index (χ4v) is 6.97. The zero-order valence-electron chi connectivity index (χ0n) is 23.0. The largest absolute Gasteiger partial charge is 0.0616 e. The minimum absolute atomic E-state index is 1.25. The van der Waals surface area contributed by atoms with Gasteiger partial charge >= 0.3 is 0 Å². The van der Waals surface area contributed by atoms with E-state index in [1.807, 2.05) is 0 Å². The third kappa shape index (κ3) is 3.49. The summed E-state index contributed by atoms with van der Waals surface area (Å²) in [5.41, 5.74) is 5.02. The van der Waals surface area contributed by atoms with Gasteiger partial charge in [0.2, 0.25) is 0 Å². The molecule has 9 aromatic rings. The molecule has 9 rings (SSSR count). The molecule has 0 nitrogen and oxygen atoms in total. The number of fused-ring (bicyclic) bond motifs is 10. The molecule has 9 aromatic carbocycles. The molecule has 0 aliphatic rings. The van der Waals surface area contributed by atoms with Gasteiger partial charge in [0.15, 0.2) is 0 Å². The van der Waals surface area contributed by atoms with Gasteiger partial charge in [-0.2, -0.15) is 0 Å². The van der Waals surface area contributed by atoms with Crippen LogP contribution in [0.5, 0.6) is 0 Å². The van der Waals surface area contributed by atoms with Gasteiger partial charge in [-0.1, -0.05) is 133 Å². The first-order valence-electron chi connectivity index (χ1n) is 14.6. The minimum Gasteiger partial charge on any atom is -0.0616 e. The van der Waals surface area contributed by atoms with E-state index in [0.29, 0.717) is 0 Å². The van der Waals surface area contributed by atoms with E-state index in [4.69, 9.17) is 0 Å². The van der Waals surface area contributed by atoms with Crippen molar-refractivity contribution in [2.75, 3.05) is 0 Å². The van der Waals surface area contributed by atoms with Crippen LogP contribution in [0.1, 0.15) is 0 Å². The van der Waals surface area contributed by atoms with Crippen molar-refractivity contribution in [2.24, 2.45) is 0 Å². The van der Waals surface area contributed by atoms with E-state index >= 15 is 0 Å². The zero-order chi connectivity index (χ0) is 27.6. The lowest BCUT2D eigenvalue weighted by Gasteiger charge is -2.16. The fraction of sp³-hybridized carbons (Fsp3) is 0. The molecule has 0 amide bonds. The summed E-state index contributed by atoms with van der Waals surface area (Å²) in [5, 5.41) is 15.5. The predicted molar refractivity (Wildman–Crippen MR) is 182 cm³/mol. The maximum absolute atomic E-state index is 2.43. The molecule has 0 spiro atoms. The van der Waals surface area contributed by atoms with Crippen LogP contribution in [0.25, 0.3) is 86.9 Å². The van der Waals surface area contributed by atoms with Crippen LogP contribution in [-0.2, 0) is 0 Å². The van der Waals surface area contributed by atoms with Crippen molar-refractivity contribution in [3.8, 4) is 22.3 Å². The third-order valence-electron chi connectivity index (χ3n) is 8.98. The predicted octanol–water partition coefficient (Wildman–Crippen LogP) is 11.9. The van der Waals surface area contributed by atoms with Crippen molar-refractivity contribution >= 4 is 64.6 Å². The Morgan fingerprint density at radius 2 is 0.643 bits per heavy atom. The van der Waals surface area contributed by atoms with Crippen molar-refractivity contribution in [3.63, 3.8) is 0 Å². The van der Waals surface area contributed by atoms with Gasteiger partial charge < -0.3 is 0 Å². The molecule has 0 aliphatic heterocycles. The third-order valence-corrected chi connectivity index (χ3v) is 8.98. The van der Waals surface area contributed by atoms with E-state index < -0.39 is 0 Å². The molecule has 0 saturated carbocycles. The first-order valence-corrected chi connectivity index (χ1v) is 14.6. The molecule has 0 aromatic heterocycles. The fourth-order valence-electron chi connectivity index (χ4n) is 6.97. The Hall–Kier alpha value is -5.46. The average Bonchev–Trinajstić information content (AvgIpc) is 3.07. The molecule has 0 bridgehead atoms. The molecule has 0 N–H and O–H groups in total. The number of hydrogen-bond acceptors (Lipinski definition) is 0. The van der Waals surface area contributed by atoms with Gasteiger partial charge in [0, 0.05) is 0 Å². The summed E-state index contributed by atoms with van der Waals surface area (Å²) in [6, 6.07) is 58.1. The molecule has 0 saturated heterocycles. The Morgan fingerprint density at radius 1 is 0.238 bits per heavy atom. The SMILES string of the molecule is c1ccc2cc(-c3ccc4cc(-c5cc6c7ccccc7c7ccccc7c6c6ccccc56)ccc4c3)ccc2c1. The summed E-state index contributed by atoms with van der Waals surface area (Å²) in [4.78, 5) is 0. The van der Waals surface area contributed by atoms with Crippen LogP contribution in [0.3, 0.4) is 0 Å². The van der Waals surface area contributed by atoms with Crippen molar-refractivity contribution in [1.82, 2.24) is 0 Å². The molecule has 0 heteroatoms. The molecule has 194 valence electrons. The Labute approximate surface area is 244 Å². The number of rotatable bonds is 2. The topological polar surface area (TPSA) is 0 Å². The first-order chi connectivity index (χ1) is 20.8. The minimum atomic E-state index is 1.25. The van der Waals surface area contributed by atoms with Gasteiger partial charge in [-0.3, -0.25) is 0 Å². The van der Waals surface area contributed by atoms with Crippen LogP contribution in [0.15, 0.2) is 158 Å². The smallest absolute Gasteiger partial charge is 0.00199 e. The average molecular weight is 531 g/mol. The van der Waals surface area contributed by atoms with Gasteiger partial charge in [0.05, 0.1) is 0 Å². The highest BCUT2D eigenvalue weighted by Crippen LogP contribution is 2.43. The molecule has 42 heavy (non-hydrogen) atoms. The monoisotopic (exact) mass is 530 g/mol. The Kier molecular flexibility index (Phi) is 5.00. The Morgan fingerprint density at radius 3 is 1.31 bits per heavy atom. The van der Waals surface area contributed by atoms with Crippen LogP contribution >= 0.6 is 0 Å². The van der Waals surface area contributed by atoms with Crippen molar-refractivity contribution in [1.29, 1.82) is 0 Å². The highest BCUT2D eigenvalue weighted by molar-refractivity contribution is 6.33. The standard InChI is InChI=1S/C42H26/c1-2-10-28-23-29(18-17-27(28)9-1)30-19-20-32-25-33(22-21-31(32)24-30)40-26-41-36-13-4-3-11-34(36)35-12-5-7-15-38(35)42(41)39-16-8-6-14-37(39)40/h1-26H. The van der Waals surface area contributed by atoms with Gasteiger partial charge in [-0.15, -0.1) is 0 Å². The second kappa shape index (κ2) is 9.03. The summed E-state index contributed by atoms with van der Waals surface area (Å²) in [7, 11) is 0. The summed E-state index contributed by atoms with van der Waals surface area (Å²) in [5.74, 6) is 0. The van der Waals surface area contributed by atoms with E-state index in [-0.39, 0.29) is 0 Å². The molecule has 0 atom stereocenters. The van der Waals surface area contributed by atoms with E-state index in [2.05, 4.69) is 158 Å². The molecule has 0 unspecified atom stereocenters. The Bertz CT molecular complexity index is 2510. The van der Waals surface area contributed by atoms with E-state index in [1.165, 1.54) is 86.9 Å². The lowest BCUT2D eigenvalue weighted by atomic mass is 9.87. The molecule has 0 heterocycles. The number of hydrogen-bond donors (Lipinski definition) is 0. The summed E-state index contributed by atoms with van der Waals surface area (Å²) >= 11 is 0. The van der Waals surface area contributed by atoms with Gasteiger partial charge in [0.25, 0.3) is 0 Å². The zero-order valence-corrected chi connectivity index (χ0v) is 23.0.